The molecule has 0 atom stereocenters. The van der Waals surface area contributed by atoms with Gasteiger partial charge in [-0.05, 0) is 51.9 Å². The Balaban J connectivity index is 1.58. The largest absolute Gasteiger partial charge is 0.490 e. The van der Waals surface area contributed by atoms with Crippen LogP contribution in [-0.4, -0.2) is 18.7 Å². The van der Waals surface area contributed by atoms with E-state index in [9.17, 15) is 4.79 Å². The van der Waals surface area contributed by atoms with Crippen LogP contribution < -0.4 is 10.2 Å². The molecule has 1 amide bonds. The van der Waals surface area contributed by atoms with Crippen LogP contribution in [0.25, 0.3) is 21.5 Å². The van der Waals surface area contributed by atoms with Gasteiger partial charge in [0, 0.05) is 11.1 Å². The third-order valence-electron chi connectivity index (χ3n) is 4.66. The van der Waals surface area contributed by atoms with Crippen molar-refractivity contribution >= 4 is 33.7 Å². The van der Waals surface area contributed by atoms with Crippen LogP contribution in [0.15, 0.2) is 96.6 Å². The lowest BCUT2D eigenvalue weighted by Gasteiger charge is -2.08. The molecule has 4 aromatic rings. The number of benzene rings is 4. The summed E-state index contributed by atoms with van der Waals surface area (Å²) in [6.45, 7) is 4.04. The van der Waals surface area contributed by atoms with Crippen molar-refractivity contribution in [2.45, 2.75) is 0 Å². The smallest absolute Gasteiger partial charge is 0.271 e. The molecule has 1 N–H and O–H groups in total. The average molecular weight is 380 g/mol. The first kappa shape index (κ1) is 18.4. The first-order valence-corrected chi connectivity index (χ1v) is 9.34. The molecule has 142 valence electrons. The lowest BCUT2D eigenvalue weighted by molar-refractivity contribution is 0.0955. The molecule has 0 spiro atoms. The van der Waals surface area contributed by atoms with Gasteiger partial charge in [-0.25, -0.2) is 5.43 Å². The normalized spacial score (nSPS) is 11.0. The van der Waals surface area contributed by atoms with Gasteiger partial charge in [0.05, 0.1) is 6.21 Å². The molecule has 0 heterocycles. The van der Waals surface area contributed by atoms with Gasteiger partial charge in [0.1, 0.15) is 12.4 Å². The van der Waals surface area contributed by atoms with Crippen LogP contribution in [0, 0.1) is 0 Å². The monoisotopic (exact) mass is 380 g/mol. The number of carbonyl (C=O) groups excluding carboxylic acids is 1. The Bertz CT molecular complexity index is 1160. The van der Waals surface area contributed by atoms with Gasteiger partial charge in [-0.3, -0.25) is 4.79 Å². The molecule has 0 radical (unpaired) electrons. The van der Waals surface area contributed by atoms with Gasteiger partial charge in [-0.1, -0.05) is 61.2 Å². The Morgan fingerprint density at radius 1 is 0.931 bits per heavy atom. The maximum absolute atomic E-state index is 12.4. The number of nitrogens with one attached hydrogen (secondary N) is 1. The molecule has 4 rings (SSSR count). The van der Waals surface area contributed by atoms with Gasteiger partial charge in [0.2, 0.25) is 0 Å². The number of hydrazone groups is 1. The average Bonchev–Trinajstić information content (AvgIpc) is 2.77. The van der Waals surface area contributed by atoms with Crippen LogP contribution >= 0.6 is 0 Å². The second-order valence-electron chi connectivity index (χ2n) is 6.56. The molecule has 4 heteroatoms. The minimum Gasteiger partial charge on any atom is -0.490 e. The Labute approximate surface area is 169 Å². The Kier molecular flexibility index (Phi) is 5.34. The number of ether oxygens (including phenoxy) is 1. The SMILES string of the molecule is C=CCOc1ccc(C(=O)N/N=C/c2c3ccccc3cc3ccccc23)cc1. The fraction of sp³-hybridized carbons (Fsp3) is 0.0400. The molecule has 0 aromatic heterocycles. The fourth-order valence-electron chi connectivity index (χ4n) is 3.27. The Morgan fingerprint density at radius 2 is 1.55 bits per heavy atom. The number of hydrogen-bond donors (Lipinski definition) is 1. The second-order valence-corrected chi connectivity index (χ2v) is 6.56. The van der Waals surface area contributed by atoms with E-state index < -0.39 is 0 Å². The predicted octanol–water partition coefficient (Wildman–Crippen LogP) is 5.32. The molecular weight excluding hydrogens is 360 g/mol. The first-order valence-electron chi connectivity index (χ1n) is 9.34. The molecule has 0 aliphatic carbocycles. The van der Waals surface area contributed by atoms with Crippen molar-refractivity contribution in [1.29, 1.82) is 0 Å². The summed E-state index contributed by atoms with van der Waals surface area (Å²) >= 11 is 0. The lowest BCUT2D eigenvalue weighted by Crippen LogP contribution is -2.17. The summed E-state index contributed by atoms with van der Waals surface area (Å²) in [5.74, 6) is 0.410. The molecule has 4 nitrogen and oxygen atoms in total. The number of rotatable bonds is 6. The molecule has 0 bridgehead atoms. The van der Waals surface area contributed by atoms with Crippen molar-refractivity contribution in [3.8, 4) is 5.75 Å². The number of amides is 1. The van der Waals surface area contributed by atoms with E-state index in [2.05, 4.69) is 47.4 Å². The van der Waals surface area contributed by atoms with E-state index in [-0.39, 0.29) is 5.91 Å². The third-order valence-corrected chi connectivity index (χ3v) is 4.66. The van der Waals surface area contributed by atoms with E-state index in [1.165, 1.54) is 0 Å². The van der Waals surface area contributed by atoms with Crippen molar-refractivity contribution in [2.75, 3.05) is 6.61 Å². The summed E-state index contributed by atoms with van der Waals surface area (Å²) in [4.78, 5) is 12.4. The molecule has 0 saturated heterocycles. The summed E-state index contributed by atoms with van der Waals surface area (Å²) in [6, 6.07) is 25.4. The molecule has 0 aliphatic heterocycles. The Hall–Kier alpha value is -3.92. The highest BCUT2D eigenvalue weighted by Crippen LogP contribution is 2.27. The quantitative estimate of drug-likeness (QED) is 0.213. The highest BCUT2D eigenvalue weighted by Gasteiger charge is 2.07. The van der Waals surface area contributed by atoms with Crippen molar-refractivity contribution in [2.24, 2.45) is 5.10 Å². The Morgan fingerprint density at radius 3 is 2.17 bits per heavy atom. The van der Waals surface area contributed by atoms with E-state index >= 15 is 0 Å². The van der Waals surface area contributed by atoms with Gasteiger partial charge in [-0.2, -0.15) is 5.10 Å². The summed E-state index contributed by atoms with van der Waals surface area (Å²) < 4.78 is 5.43. The molecule has 4 aromatic carbocycles. The van der Waals surface area contributed by atoms with E-state index in [0.717, 1.165) is 27.1 Å². The maximum atomic E-state index is 12.4. The van der Waals surface area contributed by atoms with Gasteiger partial charge in [0.25, 0.3) is 5.91 Å². The number of fused-ring (bicyclic) bond motifs is 2. The predicted molar refractivity (Wildman–Crippen MR) is 119 cm³/mol. The van der Waals surface area contributed by atoms with Gasteiger partial charge in [0.15, 0.2) is 0 Å². The van der Waals surface area contributed by atoms with Crippen molar-refractivity contribution in [3.05, 3.63) is 103 Å². The van der Waals surface area contributed by atoms with Gasteiger partial charge < -0.3 is 4.74 Å². The zero-order chi connectivity index (χ0) is 20.1. The molecule has 29 heavy (non-hydrogen) atoms. The van der Waals surface area contributed by atoms with Crippen LogP contribution in [0.1, 0.15) is 15.9 Å². The maximum Gasteiger partial charge on any atom is 0.271 e. The van der Waals surface area contributed by atoms with E-state index in [1.807, 2.05) is 24.3 Å². The molecule has 0 fully saturated rings. The summed E-state index contributed by atoms with van der Waals surface area (Å²) in [7, 11) is 0. The molecule has 0 unspecified atom stereocenters. The third kappa shape index (κ3) is 4.01. The summed E-state index contributed by atoms with van der Waals surface area (Å²) in [6.07, 6.45) is 3.39. The number of nitrogens with zero attached hydrogens (tertiary/aromatic N) is 1. The topological polar surface area (TPSA) is 50.7 Å². The van der Waals surface area contributed by atoms with Crippen LogP contribution in [0.4, 0.5) is 0 Å². The van der Waals surface area contributed by atoms with E-state index in [0.29, 0.717) is 17.9 Å². The fourth-order valence-corrected chi connectivity index (χ4v) is 3.27. The lowest BCUT2D eigenvalue weighted by atomic mass is 9.97. The van der Waals surface area contributed by atoms with E-state index in [1.54, 1.807) is 36.6 Å². The minimum absolute atomic E-state index is 0.277. The van der Waals surface area contributed by atoms with E-state index in [4.69, 9.17) is 4.74 Å². The highest BCUT2D eigenvalue weighted by molar-refractivity contribution is 6.13. The van der Waals surface area contributed by atoms with Crippen LogP contribution in [0.3, 0.4) is 0 Å². The zero-order valence-electron chi connectivity index (χ0n) is 15.8. The van der Waals surface area contributed by atoms with Crippen molar-refractivity contribution < 1.29 is 9.53 Å². The van der Waals surface area contributed by atoms with Crippen LogP contribution in [-0.2, 0) is 0 Å². The van der Waals surface area contributed by atoms with Gasteiger partial charge >= 0.3 is 0 Å². The van der Waals surface area contributed by atoms with Gasteiger partial charge in [-0.15, -0.1) is 0 Å². The second kappa shape index (κ2) is 8.40. The summed E-state index contributed by atoms with van der Waals surface area (Å²) in [5, 5.41) is 8.67. The molecule has 0 saturated carbocycles. The molecule has 0 aliphatic rings. The standard InChI is InChI=1S/C25H20N2O2/c1-2-15-29-21-13-11-18(12-14-21)25(28)27-26-17-24-22-9-5-3-7-19(22)16-20-8-4-6-10-23(20)24/h2-14,16-17H,1,15H2,(H,27,28)/b26-17+. The van der Waals surface area contributed by atoms with Crippen LogP contribution in [0.2, 0.25) is 0 Å². The minimum atomic E-state index is -0.277. The zero-order valence-corrected chi connectivity index (χ0v) is 15.8. The van der Waals surface area contributed by atoms with Crippen molar-refractivity contribution in [3.63, 3.8) is 0 Å². The number of carbonyl (C=O) groups is 1. The highest BCUT2D eigenvalue weighted by atomic mass is 16.5. The first-order chi connectivity index (χ1) is 14.3. The number of hydrogen-bond acceptors (Lipinski definition) is 3. The summed E-state index contributed by atoms with van der Waals surface area (Å²) in [5.41, 5.74) is 4.10. The molecular formula is C25H20N2O2. The van der Waals surface area contributed by atoms with Crippen molar-refractivity contribution in [1.82, 2.24) is 5.43 Å². The van der Waals surface area contributed by atoms with Crippen LogP contribution in [0.5, 0.6) is 5.75 Å².